The maximum Gasteiger partial charge on any atom is 0.251 e. The molecule has 1 saturated heterocycles. The molecule has 5 heteroatoms. The quantitative estimate of drug-likeness (QED) is 0.350. The lowest BCUT2D eigenvalue weighted by Gasteiger charge is -2.38. The Hall–Kier alpha value is -0.650. The highest BCUT2D eigenvalue weighted by atomic mass is 16.2. The molecule has 1 aliphatic heterocycles. The first-order valence-electron chi connectivity index (χ1n) is 6.01. The molecule has 0 bridgehead atoms. The number of nitrogens with one attached hydrogen (secondary N) is 2. The van der Waals surface area contributed by atoms with Crippen LogP contribution in [0, 0.1) is 5.92 Å². The van der Waals surface area contributed by atoms with E-state index >= 15 is 0 Å². The highest BCUT2D eigenvalue weighted by Gasteiger charge is 2.31. The molecule has 0 aliphatic carbocycles. The van der Waals surface area contributed by atoms with Crippen LogP contribution in [0.2, 0.25) is 0 Å². The Morgan fingerprint density at radius 3 is 2.44 bits per heavy atom. The zero-order valence-electron chi connectivity index (χ0n) is 10.5. The van der Waals surface area contributed by atoms with Gasteiger partial charge in [-0.15, -0.1) is 0 Å². The van der Waals surface area contributed by atoms with Crippen molar-refractivity contribution >= 4 is 5.91 Å². The highest BCUT2D eigenvalue weighted by Crippen LogP contribution is 2.17. The maximum absolute atomic E-state index is 11.7. The van der Waals surface area contributed by atoms with Gasteiger partial charge >= 0.3 is 0 Å². The minimum absolute atomic E-state index is 0.0870. The maximum atomic E-state index is 11.7. The van der Waals surface area contributed by atoms with E-state index in [0.717, 1.165) is 25.9 Å². The number of carbonyl (C=O) groups is 1. The van der Waals surface area contributed by atoms with Crippen molar-refractivity contribution in [2.45, 2.75) is 38.8 Å². The van der Waals surface area contributed by atoms with Gasteiger partial charge in [-0.1, -0.05) is 13.8 Å². The number of nitrogens with two attached hydrogens (primary N) is 1. The van der Waals surface area contributed by atoms with Gasteiger partial charge in [0.05, 0.1) is 6.04 Å². The van der Waals surface area contributed by atoms with Gasteiger partial charge in [-0.3, -0.25) is 15.1 Å². The van der Waals surface area contributed by atoms with Crippen LogP contribution in [0.3, 0.4) is 0 Å². The van der Waals surface area contributed by atoms with E-state index in [9.17, 15) is 4.79 Å². The number of likely N-dealkylation sites (N-methyl/N-ethyl adjacent to an activating group) is 1. The second-order valence-corrected chi connectivity index (χ2v) is 4.84. The number of hydrogen-bond donors (Lipinski definition) is 3. The Balaban J connectivity index is 2.65. The number of nitrogens with zero attached hydrogens (tertiary/aromatic N) is 1. The number of amides is 1. The topological polar surface area (TPSA) is 70.4 Å². The third-order valence-electron chi connectivity index (χ3n) is 3.37. The minimum atomic E-state index is -0.131. The zero-order chi connectivity index (χ0) is 12.1. The van der Waals surface area contributed by atoms with E-state index in [2.05, 4.69) is 29.5 Å². The van der Waals surface area contributed by atoms with Gasteiger partial charge < -0.3 is 5.32 Å². The summed E-state index contributed by atoms with van der Waals surface area (Å²) in [6.07, 6.45) is 2.19. The van der Waals surface area contributed by atoms with Crippen molar-refractivity contribution in [1.82, 2.24) is 15.6 Å². The van der Waals surface area contributed by atoms with E-state index in [-0.39, 0.29) is 17.9 Å². The Bertz CT molecular complexity index is 226. The van der Waals surface area contributed by atoms with Gasteiger partial charge in [0.2, 0.25) is 0 Å². The predicted octanol–water partition coefficient (Wildman–Crippen LogP) is -0.315. The fourth-order valence-electron chi connectivity index (χ4n) is 2.48. The molecule has 5 nitrogen and oxygen atoms in total. The van der Waals surface area contributed by atoms with E-state index in [4.69, 9.17) is 5.84 Å². The van der Waals surface area contributed by atoms with Crippen LogP contribution in [0.4, 0.5) is 0 Å². The summed E-state index contributed by atoms with van der Waals surface area (Å²) in [4.78, 5) is 13.9. The molecule has 0 aromatic carbocycles. The summed E-state index contributed by atoms with van der Waals surface area (Å²) in [6.45, 7) is 6.17. The molecule has 1 unspecified atom stereocenters. The first-order valence-corrected chi connectivity index (χ1v) is 6.01. The molecule has 1 fully saturated rings. The summed E-state index contributed by atoms with van der Waals surface area (Å²) in [5, 5.41) is 3.33. The Kier molecular flexibility index (Phi) is 5.18. The average molecular weight is 228 g/mol. The van der Waals surface area contributed by atoms with Crippen molar-refractivity contribution in [1.29, 1.82) is 0 Å². The smallest absolute Gasteiger partial charge is 0.251 e. The van der Waals surface area contributed by atoms with Crippen LogP contribution in [0.5, 0.6) is 0 Å². The van der Waals surface area contributed by atoms with E-state index in [1.807, 2.05) is 7.05 Å². The fraction of sp³-hybridized carbons (Fsp3) is 0.909. The number of piperidine rings is 1. The lowest BCUT2D eigenvalue weighted by Crippen LogP contribution is -2.55. The molecule has 1 heterocycles. The normalized spacial score (nSPS) is 20.1. The summed E-state index contributed by atoms with van der Waals surface area (Å²) in [6, 6.07) is 0.346. The number of rotatable bonds is 4. The predicted molar refractivity (Wildman–Crippen MR) is 64.6 cm³/mol. The van der Waals surface area contributed by atoms with Gasteiger partial charge in [-0.2, -0.15) is 0 Å². The van der Waals surface area contributed by atoms with Crippen LogP contribution in [-0.2, 0) is 4.79 Å². The summed E-state index contributed by atoms with van der Waals surface area (Å²) in [5.74, 6) is 5.42. The van der Waals surface area contributed by atoms with E-state index in [1.165, 1.54) is 0 Å². The number of hydrogen-bond acceptors (Lipinski definition) is 4. The van der Waals surface area contributed by atoms with Crippen LogP contribution < -0.4 is 16.6 Å². The van der Waals surface area contributed by atoms with Crippen LogP contribution in [0.25, 0.3) is 0 Å². The van der Waals surface area contributed by atoms with Crippen LogP contribution in [0.15, 0.2) is 0 Å². The van der Waals surface area contributed by atoms with Gasteiger partial charge in [0.1, 0.15) is 0 Å². The molecule has 1 atom stereocenters. The van der Waals surface area contributed by atoms with Gasteiger partial charge in [0.25, 0.3) is 5.91 Å². The molecule has 0 spiro atoms. The zero-order valence-corrected chi connectivity index (χ0v) is 10.5. The lowest BCUT2D eigenvalue weighted by atomic mass is 9.97. The standard InChI is InChI=1S/C11H24N4O/c1-8(2)10(11(16)14-12)15(3)9-4-6-13-7-5-9/h8-10,13H,4-7,12H2,1-3H3,(H,14,16). The molecule has 1 rings (SSSR count). The lowest BCUT2D eigenvalue weighted by molar-refractivity contribution is -0.128. The van der Waals surface area contributed by atoms with Gasteiger partial charge in [0, 0.05) is 6.04 Å². The fourth-order valence-corrected chi connectivity index (χ4v) is 2.48. The molecule has 0 aromatic heterocycles. The second kappa shape index (κ2) is 6.18. The van der Waals surface area contributed by atoms with Gasteiger partial charge in [-0.25, -0.2) is 5.84 Å². The van der Waals surface area contributed by atoms with Crippen molar-refractivity contribution in [2.24, 2.45) is 11.8 Å². The molecule has 0 aromatic rings. The van der Waals surface area contributed by atoms with Crippen LogP contribution in [-0.4, -0.2) is 43.0 Å². The minimum Gasteiger partial charge on any atom is -0.317 e. The third-order valence-corrected chi connectivity index (χ3v) is 3.37. The average Bonchev–Trinajstić information content (AvgIpc) is 2.29. The second-order valence-electron chi connectivity index (χ2n) is 4.84. The number of carbonyl (C=O) groups excluding carboxylic acids is 1. The van der Waals surface area contributed by atoms with Crippen molar-refractivity contribution in [3.8, 4) is 0 Å². The van der Waals surface area contributed by atoms with Crippen molar-refractivity contribution < 1.29 is 4.79 Å². The Morgan fingerprint density at radius 2 is 2.00 bits per heavy atom. The first kappa shape index (κ1) is 13.4. The van der Waals surface area contributed by atoms with E-state index in [1.54, 1.807) is 0 Å². The SMILES string of the molecule is CC(C)C(C(=O)NN)N(C)C1CCNCC1. The van der Waals surface area contributed by atoms with Crippen molar-refractivity contribution in [3.63, 3.8) is 0 Å². The molecule has 1 aliphatic rings. The van der Waals surface area contributed by atoms with E-state index in [0.29, 0.717) is 6.04 Å². The van der Waals surface area contributed by atoms with Gasteiger partial charge in [0.15, 0.2) is 0 Å². The molecule has 16 heavy (non-hydrogen) atoms. The first-order chi connectivity index (χ1) is 7.57. The molecule has 94 valence electrons. The Morgan fingerprint density at radius 1 is 1.44 bits per heavy atom. The monoisotopic (exact) mass is 228 g/mol. The summed E-state index contributed by atoms with van der Waals surface area (Å²) in [7, 11) is 2.02. The Labute approximate surface area is 97.7 Å². The van der Waals surface area contributed by atoms with E-state index < -0.39 is 0 Å². The molecular weight excluding hydrogens is 204 g/mol. The highest BCUT2D eigenvalue weighted by molar-refractivity contribution is 5.81. The van der Waals surface area contributed by atoms with Crippen molar-refractivity contribution in [3.05, 3.63) is 0 Å². The molecular formula is C11H24N4O. The molecule has 0 radical (unpaired) electrons. The summed E-state index contributed by atoms with van der Waals surface area (Å²) in [5.41, 5.74) is 2.27. The summed E-state index contributed by atoms with van der Waals surface area (Å²) >= 11 is 0. The third kappa shape index (κ3) is 3.17. The molecule has 1 amide bonds. The summed E-state index contributed by atoms with van der Waals surface area (Å²) < 4.78 is 0. The van der Waals surface area contributed by atoms with Crippen molar-refractivity contribution in [2.75, 3.05) is 20.1 Å². The van der Waals surface area contributed by atoms with Crippen LogP contribution in [0.1, 0.15) is 26.7 Å². The number of hydrazine groups is 1. The molecule has 0 saturated carbocycles. The van der Waals surface area contributed by atoms with Gasteiger partial charge in [-0.05, 0) is 38.9 Å². The molecule has 4 N–H and O–H groups in total. The van der Waals surface area contributed by atoms with Crippen LogP contribution >= 0.6 is 0 Å². The largest absolute Gasteiger partial charge is 0.317 e.